The number of esters is 6. The topological polar surface area (TPSA) is 257 Å². The van der Waals surface area contributed by atoms with E-state index in [0.717, 1.165) is 0 Å². The molecule has 2 aliphatic carbocycles. The lowest BCUT2D eigenvalue weighted by atomic mass is 9.53. The van der Waals surface area contributed by atoms with Crippen molar-refractivity contribution in [3.63, 3.8) is 0 Å². The van der Waals surface area contributed by atoms with Gasteiger partial charge in [0.25, 0.3) is 0 Å². The van der Waals surface area contributed by atoms with Crippen LogP contribution in [0.1, 0.15) is 93.9 Å². The summed E-state index contributed by atoms with van der Waals surface area (Å²) in [5.41, 5.74) is -4.69. The van der Waals surface area contributed by atoms with Gasteiger partial charge in [-0.05, 0) is 39.5 Å². The van der Waals surface area contributed by atoms with E-state index < -0.39 is 153 Å². The van der Waals surface area contributed by atoms with Crippen LogP contribution >= 0.6 is 23.2 Å². The lowest BCUT2D eigenvalue weighted by Crippen LogP contribution is -2.74. The first-order chi connectivity index (χ1) is 31.4. The molecule has 18 nitrogen and oxygen atoms in total. The fourth-order valence-corrected chi connectivity index (χ4v) is 13.8. The molecule has 68 heavy (non-hydrogen) atoms. The van der Waals surface area contributed by atoms with Gasteiger partial charge in [-0.1, -0.05) is 51.3 Å². The molecule has 6 aliphatic heterocycles. The van der Waals surface area contributed by atoms with Crippen LogP contribution in [-0.2, 0) is 66.7 Å². The Labute approximate surface area is 404 Å². The smallest absolute Gasteiger partial charge is 0.312 e. The van der Waals surface area contributed by atoms with Crippen molar-refractivity contribution >= 4 is 59.0 Å². The Bertz CT molecular complexity index is 2080. The number of ether oxygens (including phenoxy) is 8. The minimum absolute atomic E-state index is 0.0155. The quantitative estimate of drug-likeness (QED) is 0.136. The molecule has 8 aliphatic rings. The first-order valence-corrected chi connectivity index (χ1v) is 23.6. The van der Waals surface area contributed by atoms with Gasteiger partial charge < -0.3 is 58.3 Å². The number of carbonyl (C=O) groups excluding carboxylic acids is 6. The second-order valence-electron chi connectivity index (χ2n) is 20.3. The van der Waals surface area contributed by atoms with Gasteiger partial charge in [-0.3, -0.25) is 28.8 Å². The number of rotatable bonds is 4. The van der Waals surface area contributed by atoms with Crippen LogP contribution < -0.4 is 0 Å². The number of aliphatic hydroxyl groups is 4. The van der Waals surface area contributed by atoms with Crippen molar-refractivity contribution in [2.75, 3.05) is 0 Å². The zero-order valence-electron chi connectivity index (χ0n) is 39.4. The van der Waals surface area contributed by atoms with E-state index in [4.69, 9.17) is 61.1 Å². The van der Waals surface area contributed by atoms with E-state index in [-0.39, 0.29) is 24.0 Å². The van der Waals surface area contributed by atoms with Crippen LogP contribution in [0.4, 0.5) is 0 Å². The Morgan fingerprint density at radius 2 is 0.882 bits per heavy atom. The molecule has 8 rings (SSSR count). The summed E-state index contributed by atoms with van der Waals surface area (Å²) < 4.78 is 46.3. The SMILES string of the molecule is C=C1CC[C@H](OC(C)=O)[C@]2(C)[C@@H](OC(C)=O)C[C@]3(O)O[C@]4([C@@H](C)C(=O)O[C@H]4[C@@H](Cl)C3=C)[C@@H](O)[C@@H]12.C=C1CC[C@H](OC(C)=O)[C@]2(C)[C@@H](OC(C)=O)C[C@]3(O)O[C@]4([C@@H](C)C(=O)O[C@H]4[C@@H](Cl)C3=C)[C@@H](O)[C@@H]12. The molecule has 376 valence electrons. The number of halogens is 2. The summed E-state index contributed by atoms with van der Waals surface area (Å²) in [4.78, 5) is 73.8. The number of hydrogen-bond acceptors (Lipinski definition) is 18. The molecule has 2 spiro atoms. The second-order valence-corrected chi connectivity index (χ2v) is 21.2. The van der Waals surface area contributed by atoms with Gasteiger partial charge in [0.2, 0.25) is 0 Å². The van der Waals surface area contributed by atoms with Crippen molar-refractivity contribution in [1.29, 1.82) is 0 Å². The maximum absolute atomic E-state index is 12.7. The van der Waals surface area contributed by atoms with Gasteiger partial charge in [0, 0.05) is 63.5 Å². The highest BCUT2D eigenvalue weighted by atomic mass is 35.5. The van der Waals surface area contributed by atoms with Gasteiger partial charge in [-0.15, -0.1) is 23.2 Å². The van der Waals surface area contributed by atoms with Crippen LogP contribution in [0, 0.1) is 34.5 Å². The molecule has 20 atom stereocenters. The van der Waals surface area contributed by atoms with E-state index in [1.807, 2.05) is 0 Å². The number of fused-ring (bicyclic) bond motifs is 4. The largest absolute Gasteiger partial charge is 0.462 e. The highest BCUT2D eigenvalue weighted by molar-refractivity contribution is 6.23. The molecule has 4 bridgehead atoms. The molecule has 0 aromatic heterocycles. The van der Waals surface area contributed by atoms with E-state index in [1.165, 1.54) is 27.7 Å². The van der Waals surface area contributed by atoms with Crippen LogP contribution in [0.2, 0.25) is 0 Å². The minimum atomic E-state index is -2.17. The van der Waals surface area contributed by atoms with Crippen molar-refractivity contribution in [2.24, 2.45) is 34.5 Å². The summed E-state index contributed by atoms with van der Waals surface area (Å²) in [5, 5.41) is 45.4. The third kappa shape index (κ3) is 7.48. The Morgan fingerprint density at radius 1 is 0.588 bits per heavy atom. The summed E-state index contributed by atoms with van der Waals surface area (Å²) in [6.07, 6.45) is -8.02. The number of alkyl halides is 2. The second kappa shape index (κ2) is 17.5. The van der Waals surface area contributed by atoms with Crippen LogP contribution in [0.25, 0.3) is 0 Å². The molecule has 0 radical (unpaired) electrons. The van der Waals surface area contributed by atoms with Gasteiger partial charge in [0.1, 0.15) is 35.6 Å². The molecule has 0 unspecified atom stereocenters. The average Bonchev–Trinajstić information content (AvgIpc) is 3.64. The van der Waals surface area contributed by atoms with Gasteiger partial charge >= 0.3 is 35.8 Å². The van der Waals surface area contributed by atoms with E-state index in [9.17, 15) is 49.2 Å². The lowest BCUT2D eigenvalue weighted by molar-refractivity contribution is -0.344. The van der Waals surface area contributed by atoms with Gasteiger partial charge in [-0.2, -0.15) is 0 Å². The van der Waals surface area contributed by atoms with Crippen molar-refractivity contribution in [1.82, 2.24) is 0 Å². The number of hydrogen-bond donors (Lipinski definition) is 4. The monoisotopic (exact) mass is 996 g/mol. The van der Waals surface area contributed by atoms with Crippen molar-refractivity contribution in [3.05, 3.63) is 48.6 Å². The first-order valence-electron chi connectivity index (χ1n) is 22.7. The predicted molar refractivity (Wildman–Crippen MR) is 237 cm³/mol. The van der Waals surface area contributed by atoms with Crippen LogP contribution in [0.5, 0.6) is 0 Å². The molecule has 0 amide bonds. The van der Waals surface area contributed by atoms with E-state index >= 15 is 0 Å². The lowest BCUT2D eigenvalue weighted by Gasteiger charge is -2.61. The van der Waals surface area contributed by atoms with Crippen LogP contribution in [0.3, 0.4) is 0 Å². The van der Waals surface area contributed by atoms with Crippen LogP contribution in [0.15, 0.2) is 48.6 Å². The highest BCUT2D eigenvalue weighted by Crippen LogP contribution is 2.64. The zero-order valence-corrected chi connectivity index (χ0v) is 40.9. The Kier molecular flexibility index (Phi) is 13.3. The summed E-state index contributed by atoms with van der Waals surface area (Å²) in [7, 11) is 0. The fraction of sp³-hybridized carbons (Fsp3) is 0.708. The Balaban J connectivity index is 0.000000201. The average molecular weight is 998 g/mol. The Morgan fingerprint density at radius 3 is 1.18 bits per heavy atom. The molecule has 20 heteroatoms. The molecule has 6 heterocycles. The summed E-state index contributed by atoms with van der Waals surface area (Å²) in [6.45, 7) is 27.7. The molecule has 0 aromatic carbocycles. The van der Waals surface area contributed by atoms with E-state index in [2.05, 4.69) is 26.3 Å². The third-order valence-electron chi connectivity index (χ3n) is 16.5. The molecule has 8 fully saturated rings. The zero-order chi connectivity index (χ0) is 50.8. The third-order valence-corrected chi connectivity index (χ3v) is 17.5. The minimum Gasteiger partial charge on any atom is -0.462 e. The van der Waals surface area contributed by atoms with Crippen molar-refractivity contribution in [3.8, 4) is 0 Å². The molecule has 2 saturated carbocycles. The van der Waals surface area contributed by atoms with E-state index in [1.54, 1.807) is 27.7 Å². The first kappa shape index (κ1) is 52.0. The summed E-state index contributed by atoms with van der Waals surface area (Å²) in [5.74, 6) is -11.7. The fourth-order valence-electron chi connectivity index (χ4n) is 13.0. The standard InChI is InChI=1S/2C24H31ClO9/c2*1-10-7-8-15(31-13(4)26)22(6)16(32-14(5)27)9-23(30)11(2)18(25)20-24(34-23,19(28)17(10)22)12(3)21(29)33-20/h2*12,15-20,28,30H,1-2,7-9H2,3-6H3/t2*12-,15-,16-,17+,18-,19-,20-,22+,23-,24+/m00/s1. The molecule has 4 N–H and O–H groups in total. The summed E-state index contributed by atoms with van der Waals surface area (Å²) in [6, 6.07) is 0. The molecular formula is C48H62Cl2O18. The summed E-state index contributed by atoms with van der Waals surface area (Å²) >= 11 is 13.3. The number of aliphatic hydroxyl groups excluding tert-OH is 2. The van der Waals surface area contributed by atoms with E-state index in [0.29, 0.717) is 36.8 Å². The normalized spacial score (nSPS) is 48.1. The molecule has 6 saturated heterocycles. The van der Waals surface area contributed by atoms with Crippen LogP contribution in [-0.4, -0.2) is 139 Å². The van der Waals surface area contributed by atoms with Crippen molar-refractivity contribution < 1.29 is 87.1 Å². The Hall–Kier alpha value is -3.88. The van der Waals surface area contributed by atoms with Crippen molar-refractivity contribution in [2.45, 2.75) is 176 Å². The number of carbonyl (C=O) groups is 6. The maximum Gasteiger partial charge on any atom is 0.312 e. The predicted octanol–water partition coefficient (Wildman–Crippen LogP) is 3.54. The molecule has 0 aromatic rings. The maximum atomic E-state index is 12.7. The van der Waals surface area contributed by atoms with Gasteiger partial charge in [0.15, 0.2) is 23.8 Å². The van der Waals surface area contributed by atoms with Gasteiger partial charge in [0.05, 0.1) is 45.6 Å². The highest BCUT2D eigenvalue weighted by Gasteiger charge is 2.77. The molecular weight excluding hydrogens is 935 g/mol. The van der Waals surface area contributed by atoms with Gasteiger partial charge in [-0.25, -0.2) is 0 Å².